The molecule has 4 rings (SSSR count). The van der Waals surface area contributed by atoms with Gasteiger partial charge in [-0.25, -0.2) is 14.1 Å². The van der Waals surface area contributed by atoms with E-state index in [1.54, 1.807) is 0 Å². The van der Waals surface area contributed by atoms with Crippen molar-refractivity contribution in [2.24, 2.45) is 0 Å². The highest BCUT2D eigenvalue weighted by Gasteiger charge is 2.64. The summed E-state index contributed by atoms with van der Waals surface area (Å²) in [5, 5.41) is 27.2. The average molecular weight is 497 g/mol. The zero-order chi connectivity index (χ0) is 25.9. The third kappa shape index (κ3) is 3.85. The number of fused-ring (bicyclic) bond motifs is 1. The van der Waals surface area contributed by atoms with Gasteiger partial charge in [0.1, 0.15) is 11.4 Å². The first-order valence-corrected chi connectivity index (χ1v) is 10.2. The summed E-state index contributed by atoms with van der Waals surface area (Å²) in [6.45, 7) is 2.64. The molecule has 8 nitrogen and oxygen atoms in total. The Morgan fingerprint density at radius 2 is 1.89 bits per heavy atom. The van der Waals surface area contributed by atoms with Crippen molar-refractivity contribution in [3.05, 3.63) is 65.1 Å². The van der Waals surface area contributed by atoms with Crippen molar-refractivity contribution in [1.29, 1.82) is 0 Å². The van der Waals surface area contributed by atoms with Crippen molar-refractivity contribution >= 4 is 11.7 Å². The van der Waals surface area contributed by atoms with E-state index in [4.69, 9.17) is 5.73 Å². The van der Waals surface area contributed by atoms with Crippen LogP contribution in [0, 0.1) is 11.8 Å². The molecule has 2 aromatic heterocycles. The molecule has 5 N–H and O–H groups in total. The van der Waals surface area contributed by atoms with Crippen molar-refractivity contribution < 1.29 is 37.0 Å². The Labute approximate surface area is 195 Å². The molecule has 35 heavy (non-hydrogen) atoms. The number of phenols is 1. The minimum atomic E-state index is -5.21. The van der Waals surface area contributed by atoms with Crippen LogP contribution in [0.1, 0.15) is 47.8 Å². The van der Waals surface area contributed by atoms with Gasteiger partial charge in [-0.05, 0) is 35.6 Å². The first kappa shape index (κ1) is 24.4. The van der Waals surface area contributed by atoms with E-state index in [-0.39, 0.29) is 28.2 Å². The summed E-state index contributed by atoms with van der Waals surface area (Å²) in [4.78, 5) is 16.5. The number of rotatable bonds is 3. The van der Waals surface area contributed by atoms with Crippen molar-refractivity contribution in [2.75, 3.05) is 5.73 Å². The van der Waals surface area contributed by atoms with Crippen LogP contribution >= 0.6 is 0 Å². The maximum Gasteiger partial charge on any atom is 0.419 e. The number of hydrogen-bond donors (Lipinski definition) is 4. The molecule has 1 aliphatic carbocycles. The number of carbonyl (C=O) groups excluding carboxylic acids is 1. The number of amides is 1. The average Bonchev–Trinajstić information content (AvgIpc) is 3.13. The second kappa shape index (κ2) is 7.90. The standard InChI is InChI=1S/C22H20F5N5O3/c1-20(2)9-21(35,22(25,26)27)17(11-4-5-13(23)16(33)15(11)20)31-19(34)12-8-30-32(18(12)28)10-3-6-14(24)29-7-10/h3-8,17,33,35H,9,28H2,1-2H3,(H,31,34)/t17-,21-/m1/s1. The molecule has 0 unspecified atom stereocenters. The number of phenolic OH excluding ortho intramolecular Hbond substituents is 1. The number of hydrogen-bond acceptors (Lipinski definition) is 6. The maximum absolute atomic E-state index is 14.2. The molecule has 186 valence electrons. The second-order valence-corrected chi connectivity index (χ2v) is 8.94. The minimum Gasteiger partial charge on any atom is -0.505 e. The Bertz CT molecular complexity index is 1310. The fourth-order valence-electron chi connectivity index (χ4n) is 4.56. The number of nitrogens with one attached hydrogen (secondary N) is 1. The van der Waals surface area contributed by atoms with Gasteiger partial charge >= 0.3 is 6.18 Å². The Kier molecular flexibility index (Phi) is 5.51. The van der Waals surface area contributed by atoms with E-state index in [1.165, 1.54) is 19.9 Å². The lowest BCUT2D eigenvalue weighted by Gasteiger charge is -2.48. The van der Waals surface area contributed by atoms with Gasteiger partial charge in [-0.15, -0.1) is 0 Å². The van der Waals surface area contributed by atoms with Crippen LogP contribution in [-0.4, -0.2) is 42.7 Å². The van der Waals surface area contributed by atoms with E-state index in [9.17, 15) is 37.0 Å². The predicted molar refractivity (Wildman–Crippen MR) is 113 cm³/mol. The fourth-order valence-corrected chi connectivity index (χ4v) is 4.56. The zero-order valence-electron chi connectivity index (χ0n) is 18.4. The molecule has 0 bridgehead atoms. The number of carbonyl (C=O) groups is 1. The molecule has 0 aliphatic heterocycles. The molecule has 1 amide bonds. The highest BCUT2D eigenvalue weighted by Crippen LogP contribution is 2.55. The lowest BCUT2D eigenvalue weighted by molar-refractivity contribution is -0.280. The molecule has 0 saturated carbocycles. The number of halogens is 5. The first-order valence-electron chi connectivity index (χ1n) is 10.2. The van der Waals surface area contributed by atoms with Gasteiger partial charge in [-0.3, -0.25) is 4.79 Å². The Morgan fingerprint density at radius 3 is 2.49 bits per heavy atom. The maximum atomic E-state index is 14.2. The van der Waals surface area contributed by atoms with Gasteiger partial charge in [0.05, 0.1) is 24.1 Å². The number of nitrogen functional groups attached to an aromatic ring is 1. The summed E-state index contributed by atoms with van der Waals surface area (Å²) in [7, 11) is 0. The molecule has 2 heterocycles. The first-order chi connectivity index (χ1) is 16.2. The van der Waals surface area contributed by atoms with Gasteiger partial charge in [0.2, 0.25) is 5.95 Å². The van der Waals surface area contributed by atoms with Crippen LogP contribution in [-0.2, 0) is 5.41 Å². The molecule has 0 spiro atoms. The number of aliphatic hydroxyl groups is 1. The molecule has 1 aliphatic rings. The van der Waals surface area contributed by atoms with E-state index in [0.29, 0.717) is 0 Å². The number of alkyl halides is 3. The molecule has 0 fully saturated rings. The van der Waals surface area contributed by atoms with Crippen LogP contribution in [0.2, 0.25) is 0 Å². The van der Waals surface area contributed by atoms with Crippen molar-refractivity contribution in [2.45, 2.75) is 43.5 Å². The number of pyridine rings is 1. The van der Waals surface area contributed by atoms with E-state index in [2.05, 4.69) is 15.4 Å². The van der Waals surface area contributed by atoms with E-state index in [0.717, 1.165) is 35.3 Å². The lowest BCUT2D eigenvalue weighted by Crippen LogP contribution is -2.60. The Morgan fingerprint density at radius 1 is 1.20 bits per heavy atom. The highest BCUT2D eigenvalue weighted by molar-refractivity contribution is 5.98. The van der Waals surface area contributed by atoms with E-state index >= 15 is 0 Å². The Hall–Kier alpha value is -3.74. The summed E-state index contributed by atoms with van der Waals surface area (Å²) in [6.07, 6.45) is -4.12. The van der Waals surface area contributed by atoms with Crippen LogP contribution in [0.5, 0.6) is 5.75 Å². The van der Waals surface area contributed by atoms with Crippen LogP contribution in [0.15, 0.2) is 36.7 Å². The molecule has 1 aromatic carbocycles. The lowest BCUT2D eigenvalue weighted by atomic mass is 9.63. The van der Waals surface area contributed by atoms with Gasteiger partial charge in [0.25, 0.3) is 5.91 Å². The number of nitrogens with two attached hydrogens (primary N) is 1. The third-order valence-electron chi connectivity index (χ3n) is 6.11. The van der Waals surface area contributed by atoms with Crippen LogP contribution in [0.25, 0.3) is 5.69 Å². The largest absolute Gasteiger partial charge is 0.505 e. The van der Waals surface area contributed by atoms with Crippen molar-refractivity contribution in [1.82, 2.24) is 20.1 Å². The van der Waals surface area contributed by atoms with Gasteiger partial charge in [0, 0.05) is 5.56 Å². The summed E-state index contributed by atoms with van der Waals surface area (Å²) >= 11 is 0. The smallest absolute Gasteiger partial charge is 0.419 e. The number of aromatic hydroxyl groups is 1. The summed E-state index contributed by atoms with van der Waals surface area (Å²) in [6, 6.07) is 1.90. The quantitative estimate of drug-likeness (QED) is 0.325. The highest BCUT2D eigenvalue weighted by atomic mass is 19.4. The molecule has 2 atom stereocenters. The SMILES string of the molecule is CC1(C)C[C@](O)(C(F)(F)F)[C@H](NC(=O)c2cnn(-c3ccc(F)nc3)c2N)c2ccc(F)c(O)c21. The molecule has 0 radical (unpaired) electrons. The summed E-state index contributed by atoms with van der Waals surface area (Å²) in [5.41, 5.74) is 0.359. The van der Waals surface area contributed by atoms with Gasteiger partial charge in [-0.1, -0.05) is 19.9 Å². The van der Waals surface area contributed by atoms with Gasteiger partial charge in [-0.2, -0.15) is 22.7 Å². The molecule has 0 saturated heterocycles. The van der Waals surface area contributed by atoms with Crippen LogP contribution in [0.3, 0.4) is 0 Å². The second-order valence-electron chi connectivity index (χ2n) is 8.94. The van der Waals surface area contributed by atoms with E-state index in [1.807, 2.05) is 0 Å². The predicted octanol–water partition coefficient (Wildman–Crippen LogP) is 3.28. The molecule has 3 aromatic rings. The van der Waals surface area contributed by atoms with Gasteiger partial charge < -0.3 is 21.3 Å². The van der Waals surface area contributed by atoms with Crippen molar-refractivity contribution in [3.63, 3.8) is 0 Å². The Balaban J connectivity index is 1.79. The van der Waals surface area contributed by atoms with Crippen LogP contribution in [0.4, 0.5) is 27.8 Å². The minimum absolute atomic E-state index is 0.169. The number of anilines is 1. The topological polar surface area (TPSA) is 126 Å². The number of benzene rings is 1. The summed E-state index contributed by atoms with van der Waals surface area (Å²) < 4.78 is 70.7. The number of nitrogens with zero attached hydrogens (tertiary/aromatic N) is 3. The van der Waals surface area contributed by atoms with Crippen LogP contribution < -0.4 is 11.1 Å². The van der Waals surface area contributed by atoms with Crippen molar-refractivity contribution in [3.8, 4) is 11.4 Å². The number of aromatic nitrogens is 3. The molecular weight excluding hydrogens is 477 g/mol. The molecular formula is C22H20F5N5O3. The van der Waals surface area contributed by atoms with Gasteiger partial charge in [0.15, 0.2) is 17.2 Å². The normalized spacial score (nSPS) is 21.4. The van der Waals surface area contributed by atoms with E-state index < -0.39 is 53.1 Å². The zero-order valence-corrected chi connectivity index (χ0v) is 18.4. The monoisotopic (exact) mass is 497 g/mol. The fraction of sp³-hybridized carbons (Fsp3) is 0.318. The summed E-state index contributed by atoms with van der Waals surface area (Å²) in [5.74, 6) is -4.11. The molecule has 13 heteroatoms. The third-order valence-corrected chi connectivity index (χ3v) is 6.11.